The Kier molecular flexibility index (Phi) is 4.56. The summed E-state index contributed by atoms with van der Waals surface area (Å²) in [6, 6.07) is 6.82. The van der Waals surface area contributed by atoms with Crippen molar-refractivity contribution in [1.82, 2.24) is 0 Å². The minimum Gasteiger partial charge on any atom is -0.267 e. The second-order valence-electron chi connectivity index (χ2n) is 3.44. The highest BCUT2D eigenvalue weighted by atomic mass is 32.2. The molecule has 0 fully saturated rings. The number of nitrogens with zero attached hydrogens (tertiary/aromatic N) is 1. The Morgan fingerprint density at radius 2 is 1.88 bits per heavy atom. The molecule has 0 radical (unpaired) electrons. The van der Waals surface area contributed by atoms with Crippen molar-refractivity contribution in [3.8, 4) is 0 Å². The van der Waals surface area contributed by atoms with E-state index >= 15 is 0 Å². The molecule has 0 atom stereocenters. The molecule has 0 aliphatic rings. The third kappa shape index (κ3) is 3.64. The fourth-order valence-corrected chi connectivity index (χ4v) is 2.40. The lowest BCUT2D eigenvalue weighted by Gasteiger charge is -2.02. The predicted molar refractivity (Wildman–Crippen MR) is 69.9 cm³/mol. The first kappa shape index (κ1) is 13.3. The fraction of sp³-hybridized carbons (Fsp3) is 0.364. The van der Waals surface area contributed by atoms with Crippen LogP contribution < -0.4 is 0 Å². The molecule has 0 saturated heterocycles. The highest BCUT2D eigenvalue weighted by Crippen LogP contribution is 2.12. The summed E-state index contributed by atoms with van der Waals surface area (Å²) in [5.41, 5.74) is 1.04. The molecule has 1 aromatic carbocycles. The summed E-state index contributed by atoms with van der Waals surface area (Å²) in [7, 11) is -3.28. The number of rotatable bonds is 3. The molecule has 88 valence electrons. The van der Waals surface area contributed by atoms with E-state index in [9.17, 15) is 8.42 Å². The van der Waals surface area contributed by atoms with Crippen molar-refractivity contribution >= 4 is 26.6 Å². The van der Waals surface area contributed by atoms with Crippen molar-refractivity contribution in [3.05, 3.63) is 29.8 Å². The Bertz CT molecular complexity index is 475. The summed E-state index contributed by atoms with van der Waals surface area (Å²) in [6.07, 6.45) is 1.87. The van der Waals surface area contributed by atoms with Crippen molar-refractivity contribution < 1.29 is 8.42 Å². The normalized spacial score (nSPS) is 12.8. The van der Waals surface area contributed by atoms with Gasteiger partial charge >= 0.3 is 0 Å². The van der Waals surface area contributed by atoms with Crippen LogP contribution in [0, 0.1) is 6.92 Å². The summed E-state index contributed by atoms with van der Waals surface area (Å²) >= 11 is 1.45. The highest BCUT2D eigenvalue weighted by molar-refractivity contribution is 8.13. The zero-order chi connectivity index (χ0) is 12.2. The molecule has 0 amide bonds. The Balaban J connectivity index is 2.91. The van der Waals surface area contributed by atoms with Gasteiger partial charge in [0.1, 0.15) is 5.88 Å². The van der Waals surface area contributed by atoms with Crippen molar-refractivity contribution in [2.24, 2.45) is 4.99 Å². The number of aliphatic imine (C=N–C) groups is 1. The molecule has 0 aromatic heterocycles. The predicted octanol–water partition coefficient (Wildman–Crippen LogP) is 2.51. The Morgan fingerprint density at radius 1 is 1.31 bits per heavy atom. The minimum absolute atomic E-state index is 0.178. The topological polar surface area (TPSA) is 46.5 Å². The highest BCUT2D eigenvalue weighted by Gasteiger charge is 2.12. The van der Waals surface area contributed by atoms with Crippen LogP contribution in [0.25, 0.3) is 0 Å². The molecule has 0 saturated carbocycles. The lowest BCUT2D eigenvalue weighted by atomic mass is 10.2. The van der Waals surface area contributed by atoms with Crippen molar-refractivity contribution in [3.63, 3.8) is 0 Å². The minimum atomic E-state index is -3.28. The second kappa shape index (κ2) is 5.50. The first-order valence-electron chi connectivity index (χ1n) is 4.80. The van der Waals surface area contributed by atoms with Gasteiger partial charge in [-0.05, 0) is 32.2 Å². The summed E-state index contributed by atoms with van der Waals surface area (Å²) < 4.78 is 23.7. The van der Waals surface area contributed by atoms with Crippen LogP contribution in [0.1, 0.15) is 12.5 Å². The van der Waals surface area contributed by atoms with Gasteiger partial charge in [0.15, 0.2) is 9.84 Å². The van der Waals surface area contributed by atoms with Gasteiger partial charge in [-0.1, -0.05) is 17.7 Å². The molecule has 0 aliphatic heterocycles. The van der Waals surface area contributed by atoms with Gasteiger partial charge in [0.25, 0.3) is 0 Å². The molecule has 16 heavy (non-hydrogen) atoms. The molecule has 0 heterocycles. The van der Waals surface area contributed by atoms with Gasteiger partial charge in [-0.2, -0.15) is 0 Å². The van der Waals surface area contributed by atoms with Gasteiger partial charge in [-0.25, -0.2) is 8.42 Å². The van der Waals surface area contributed by atoms with E-state index in [0.717, 1.165) is 10.6 Å². The van der Waals surface area contributed by atoms with Crippen LogP contribution in [-0.2, 0) is 9.84 Å². The van der Waals surface area contributed by atoms with E-state index in [1.165, 1.54) is 11.8 Å². The lowest BCUT2D eigenvalue weighted by molar-refractivity contribution is 0.596. The molecule has 3 nitrogen and oxygen atoms in total. The van der Waals surface area contributed by atoms with Crippen LogP contribution in [0.5, 0.6) is 0 Å². The zero-order valence-corrected chi connectivity index (χ0v) is 11.2. The third-order valence-corrected chi connectivity index (χ3v) is 4.31. The van der Waals surface area contributed by atoms with Gasteiger partial charge in [0, 0.05) is 0 Å². The molecular formula is C11H15NO2S2. The molecule has 0 unspecified atom stereocenters. The molecule has 1 aromatic rings. The molecular weight excluding hydrogens is 242 g/mol. The average molecular weight is 257 g/mol. The fourth-order valence-electron chi connectivity index (χ4n) is 1.06. The molecule has 0 N–H and O–H groups in total. The van der Waals surface area contributed by atoms with E-state index in [1.807, 2.05) is 13.2 Å². The molecule has 5 heteroatoms. The zero-order valence-electron chi connectivity index (χ0n) is 9.60. The van der Waals surface area contributed by atoms with Crippen molar-refractivity contribution in [2.75, 3.05) is 12.1 Å². The van der Waals surface area contributed by atoms with E-state index in [-0.39, 0.29) is 5.88 Å². The summed E-state index contributed by atoms with van der Waals surface area (Å²) in [5, 5.41) is 0.774. The van der Waals surface area contributed by atoms with Gasteiger partial charge in [0.05, 0.1) is 9.94 Å². The van der Waals surface area contributed by atoms with Gasteiger partial charge in [-0.15, -0.1) is 11.8 Å². The van der Waals surface area contributed by atoms with Gasteiger partial charge < -0.3 is 0 Å². The standard InChI is InChI=1S/C11H15NO2S2/c1-9-4-6-11(7-5-9)16(13,14)8-12-10(2)15-3/h4-7H,8H2,1-3H3. The van der Waals surface area contributed by atoms with E-state index in [4.69, 9.17) is 0 Å². The maximum atomic E-state index is 11.8. The number of thioether (sulfide) groups is 1. The van der Waals surface area contributed by atoms with Crippen molar-refractivity contribution in [1.29, 1.82) is 0 Å². The van der Waals surface area contributed by atoms with E-state index in [0.29, 0.717) is 4.90 Å². The van der Waals surface area contributed by atoms with Crippen LogP contribution in [0.2, 0.25) is 0 Å². The number of hydrogen-bond donors (Lipinski definition) is 0. The molecule has 1 rings (SSSR count). The number of sulfone groups is 1. The average Bonchev–Trinajstić information content (AvgIpc) is 2.26. The van der Waals surface area contributed by atoms with Crippen LogP contribution in [0.4, 0.5) is 0 Å². The maximum absolute atomic E-state index is 11.8. The van der Waals surface area contributed by atoms with E-state index in [2.05, 4.69) is 4.99 Å². The number of aryl methyl sites for hydroxylation is 1. The Hall–Kier alpha value is -0.810. The molecule has 0 aliphatic carbocycles. The largest absolute Gasteiger partial charge is 0.267 e. The monoisotopic (exact) mass is 257 g/mol. The quantitative estimate of drug-likeness (QED) is 0.617. The smallest absolute Gasteiger partial charge is 0.198 e. The molecule has 0 bridgehead atoms. The number of benzene rings is 1. The number of hydrogen-bond acceptors (Lipinski definition) is 4. The Labute approximate surface area is 101 Å². The summed E-state index contributed by atoms with van der Waals surface area (Å²) in [6.45, 7) is 3.72. The van der Waals surface area contributed by atoms with Gasteiger partial charge in [0.2, 0.25) is 0 Å². The van der Waals surface area contributed by atoms with Crippen molar-refractivity contribution in [2.45, 2.75) is 18.7 Å². The van der Waals surface area contributed by atoms with Crippen LogP contribution in [0.3, 0.4) is 0 Å². The third-order valence-electron chi connectivity index (χ3n) is 2.13. The molecule has 0 spiro atoms. The summed E-state index contributed by atoms with van der Waals surface area (Å²) in [4.78, 5) is 4.33. The van der Waals surface area contributed by atoms with Crippen LogP contribution in [0.15, 0.2) is 34.2 Å². The lowest BCUT2D eigenvalue weighted by Crippen LogP contribution is -2.05. The van der Waals surface area contributed by atoms with E-state index in [1.54, 1.807) is 31.2 Å². The first-order chi connectivity index (χ1) is 7.45. The summed E-state index contributed by atoms with van der Waals surface area (Å²) in [5.74, 6) is -0.178. The first-order valence-corrected chi connectivity index (χ1v) is 7.68. The van der Waals surface area contributed by atoms with Crippen LogP contribution >= 0.6 is 11.8 Å². The second-order valence-corrected chi connectivity index (χ2v) is 6.40. The Morgan fingerprint density at radius 3 is 2.38 bits per heavy atom. The van der Waals surface area contributed by atoms with E-state index < -0.39 is 9.84 Å². The maximum Gasteiger partial charge on any atom is 0.198 e. The van der Waals surface area contributed by atoms with Gasteiger partial charge in [-0.3, -0.25) is 4.99 Å². The van der Waals surface area contributed by atoms with Crippen LogP contribution in [-0.4, -0.2) is 25.6 Å². The SMILES string of the molecule is CSC(C)=NCS(=O)(=O)c1ccc(C)cc1.